The van der Waals surface area contributed by atoms with E-state index in [1.807, 2.05) is 12.1 Å². The molecule has 1 aliphatic heterocycles. The molecule has 2 atom stereocenters. The predicted molar refractivity (Wildman–Crippen MR) is 70.4 cm³/mol. The van der Waals surface area contributed by atoms with Crippen LogP contribution in [0.25, 0.3) is 0 Å². The molecule has 94 valence electrons. The van der Waals surface area contributed by atoms with Crippen LogP contribution in [0.2, 0.25) is 0 Å². The van der Waals surface area contributed by atoms with Crippen LogP contribution in [0.15, 0.2) is 24.3 Å². The number of rotatable bonds is 4. The maximum Gasteiger partial charge on any atom is 0.118 e. The van der Waals surface area contributed by atoms with Gasteiger partial charge in [0.15, 0.2) is 0 Å². The molecule has 0 aromatic heterocycles. The fourth-order valence-corrected chi connectivity index (χ4v) is 2.81. The molecule has 17 heavy (non-hydrogen) atoms. The van der Waals surface area contributed by atoms with Crippen LogP contribution in [0.5, 0.6) is 5.75 Å². The van der Waals surface area contributed by atoms with Gasteiger partial charge in [-0.3, -0.25) is 0 Å². The van der Waals surface area contributed by atoms with Gasteiger partial charge in [0.1, 0.15) is 5.75 Å². The lowest BCUT2D eigenvalue weighted by atomic mass is 9.90. The van der Waals surface area contributed by atoms with Gasteiger partial charge in [0.05, 0.1) is 7.11 Å². The third-order valence-electron chi connectivity index (χ3n) is 3.84. The van der Waals surface area contributed by atoms with Crippen molar-refractivity contribution in [1.82, 2.24) is 4.90 Å². The summed E-state index contributed by atoms with van der Waals surface area (Å²) >= 11 is 0. The lowest BCUT2D eigenvalue weighted by molar-refractivity contribution is 0.272. The summed E-state index contributed by atoms with van der Waals surface area (Å²) in [5.74, 6) is 1.35. The average Bonchev–Trinajstić information content (AvgIpc) is 2.78. The molecule has 1 aromatic rings. The number of likely N-dealkylation sites (N-methyl/N-ethyl adjacent to an activating group) is 1. The zero-order valence-corrected chi connectivity index (χ0v) is 10.7. The summed E-state index contributed by atoms with van der Waals surface area (Å²) in [6.07, 6.45) is 2.54. The topological polar surface area (TPSA) is 38.5 Å². The molecule has 1 saturated heterocycles. The van der Waals surface area contributed by atoms with Gasteiger partial charge in [-0.05, 0) is 44.1 Å². The molecule has 0 aliphatic carbocycles. The van der Waals surface area contributed by atoms with E-state index in [0.717, 1.165) is 5.75 Å². The van der Waals surface area contributed by atoms with Crippen LogP contribution in [0.4, 0.5) is 0 Å². The van der Waals surface area contributed by atoms with Crippen LogP contribution >= 0.6 is 0 Å². The summed E-state index contributed by atoms with van der Waals surface area (Å²) in [5.41, 5.74) is 7.29. The number of nitrogens with two attached hydrogens (primary N) is 1. The highest BCUT2D eigenvalue weighted by Crippen LogP contribution is 2.30. The van der Waals surface area contributed by atoms with Crippen molar-refractivity contribution in [1.29, 1.82) is 0 Å². The van der Waals surface area contributed by atoms with Crippen LogP contribution in [0.3, 0.4) is 0 Å². The standard InChI is InChI=1S/C14H22N2O/c1-16-9-3-4-14(16)13(10-15)11-5-7-12(17-2)8-6-11/h5-8,13-14H,3-4,9-10,15H2,1-2H3. The minimum Gasteiger partial charge on any atom is -0.497 e. The molecule has 0 spiro atoms. The molecule has 2 N–H and O–H groups in total. The number of hydrogen-bond acceptors (Lipinski definition) is 3. The maximum absolute atomic E-state index is 5.96. The van der Waals surface area contributed by atoms with Crippen molar-refractivity contribution < 1.29 is 4.74 Å². The van der Waals surface area contributed by atoms with Gasteiger partial charge in [-0.25, -0.2) is 0 Å². The predicted octanol–water partition coefficient (Wildman–Crippen LogP) is 1.83. The lowest BCUT2D eigenvalue weighted by Gasteiger charge is -2.28. The van der Waals surface area contributed by atoms with Crippen molar-refractivity contribution >= 4 is 0 Å². The van der Waals surface area contributed by atoms with Crippen molar-refractivity contribution in [2.75, 3.05) is 27.2 Å². The molecule has 0 saturated carbocycles. The zero-order valence-electron chi connectivity index (χ0n) is 10.7. The van der Waals surface area contributed by atoms with Crippen molar-refractivity contribution in [2.24, 2.45) is 5.73 Å². The van der Waals surface area contributed by atoms with E-state index in [1.54, 1.807) is 7.11 Å². The van der Waals surface area contributed by atoms with Crippen LogP contribution in [-0.2, 0) is 0 Å². The number of methoxy groups -OCH3 is 1. The Hall–Kier alpha value is -1.06. The molecule has 1 aromatic carbocycles. The summed E-state index contributed by atoms with van der Waals surface area (Å²) in [5, 5.41) is 0. The van der Waals surface area contributed by atoms with Crippen molar-refractivity contribution in [3.8, 4) is 5.75 Å². The van der Waals surface area contributed by atoms with E-state index in [9.17, 15) is 0 Å². The first-order chi connectivity index (χ1) is 8.26. The Morgan fingerprint density at radius 1 is 1.41 bits per heavy atom. The van der Waals surface area contributed by atoms with Gasteiger partial charge in [-0.15, -0.1) is 0 Å². The fourth-order valence-electron chi connectivity index (χ4n) is 2.81. The average molecular weight is 234 g/mol. The second-order valence-corrected chi connectivity index (χ2v) is 4.81. The van der Waals surface area contributed by atoms with Crippen molar-refractivity contribution in [3.05, 3.63) is 29.8 Å². The van der Waals surface area contributed by atoms with Crippen molar-refractivity contribution in [2.45, 2.75) is 24.8 Å². The third kappa shape index (κ3) is 2.61. The molecule has 0 radical (unpaired) electrons. The smallest absolute Gasteiger partial charge is 0.118 e. The SMILES string of the molecule is COc1ccc(C(CN)C2CCCN2C)cc1. The summed E-state index contributed by atoms with van der Waals surface area (Å²) in [6, 6.07) is 8.92. The minimum absolute atomic E-state index is 0.438. The maximum atomic E-state index is 5.96. The van der Waals surface area contributed by atoms with Gasteiger partial charge >= 0.3 is 0 Å². The number of nitrogens with zero attached hydrogens (tertiary/aromatic N) is 1. The Kier molecular flexibility index (Phi) is 4.02. The normalized spacial score (nSPS) is 22.6. The molecule has 0 amide bonds. The summed E-state index contributed by atoms with van der Waals surface area (Å²) in [4.78, 5) is 2.43. The highest BCUT2D eigenvalue weighted by atomic mass is 16.5. The van der Waals surface area contributed by atoms with Gasteiger partial charge in [-0.1, -0.05) is 12.1 Å². The van der Waals surface area contributed by atoms with Crippen LogP contribution in [0.1, 0.15) is 24.3 Å². The van der Waals surface area contributed by atoms with E-state index in [2.05, 4.69) is 24.1 Å². The zero-order chi connectivity index (χ0) is 12.3. The van der Waals surface area contributed by atoms with E-state index in [0.29, 0.717) is 18.5 Å². The van der Waals surface area contributed by atoms with E-state index in [1.165, 1.54) is 24.9 Å². The molecule has 1 fully saturated rings. The summed E-state index contributed by atoms with van der Waals surface area (Å²) in [6.45, 7) is 1.90. The van der Waals surface area contributed by atoms with Gasteiger partial charge in [0.2, 0.25) is 0 Å². The summed E-state index contributed by atoms with van der Waals surface area (Å²) in [7, 11) is 3.89. The monoisotopic (exact) mass is 234 g/mol. The molecular formula is C14H22N2O. The van der Waals surface area contributed by atoms with Gasteiger partial charge in [-0.2, -0.15) is 0 Å². The Balaban J connectivity index is 2.16. The number of likely N-dealkylation sites (tertiary alicyclic amines) is 1. The third-order valence-corrected chi connectivity index (χ3v) is 3.84. The number of benzene rings is 1. The Morgan fingerprint density at radius 3 is 2.59 bits per heavy atom. The van der Waals surface area contributed by atoms with Crippen molar-refractivity contribution in [3.63, 3.8) is 0 Å². The first-order valence-electron chi connectivity index (χ1n) is 6.30. The Morgan fingerprint density at radius 2 is 2.12 bits per heavy atom. The number of hydrogen-bond donors (Lipinski definition) is 1. The number of ether oxygens (including phenoxy) is 1. The Bertz CT molecular complexity index is 350. The van der Waals surface area contributed by atoms with Crippen LogP contribution in [-0.4, -0.2) is 38.2 Å². The second kappa shape index (κ2) is 5.52. The molecule has 1 aliphatic rings. The fraction of sp³-hybridized carbons (Fsp3) is 0.571. The van der Waals surface area contributed by atoms with Crippen LogP contribution < -0.4 is 10.5 Å². The van der Waals surface area contributed by atoms with Gasteiger partial charge in [0, 0.05) is 18.5 Å². The Labute approximate surface area is 104 Å². The molecule has 1 heterocycles. The summed E-state index contributed by atoms with van der Waals surface area (Å²) < 4.78 is 5.19. The van der Waals surface area contributed by atoms with E-state index in [4.69, 9.17) is 10.5 Å². The highest BCUT2D eigenvalue weighted by Gasteiger charge is 2.29. The van der Waals surface area contributed by atoms with E-state index < -0.39 is 0 Å². The largest absolute Gasteiger partial charge is 0.497 e. The highest BCUT2D eigenvalue weighted by molar-refractivity contribution is 5.30. The first kappa shape index (κ1) is 12.4. The lowest BCUT2D eigenvalue weighted by Crippen LogP contribution is -2.35. The minimum atomic E-state index is 0.438. The van der Waals surface area contributed by atoms with E-state index >= 15 is 0 Å². The molecular weight excluding hydrogens is 212 g/mol. The van der Waals surface area contributed by atoms with Gasteiger partial charge in [0.25, 0.3) is 0 Å². The first-order valence-corrected chi connectivity index (χ1v) is 6.30. The quantitative estimate of drug-likeness (QED) is 0.864. The van der Waals surface area contributed by atoms with Crippen LogP contribution in [0, 0.1) is 0 Å². The van der Waals surface area contributed by atoms with E-state index in [-0.39, 0.29) is 0 Å². The molecule has 2 unspecified atom stereocenters. The molecule has 3 nitrogen and oxygen atoms in total. The molecule has 0 bridgehead atoms. The van der Waals surface area contributed by atoms with Gasteiger partial charge < -0.3 is 15.4 Å². The second-order valence-electron chi connectivity index (χ2n) is 4.81. The molecule has 3 heteroatoms. The molecule has 2 rings (SSSR count).